The van der Waals surface area contributed by atoms with Gasteiger partial charge in [-0.15, -0.1) is 0 Å². The molecule has 136 valence electrons. The van der Waals surface area contributed by atoms with Crippen LogP contribution < -0.4 is 4.74 Å². The molecule has 5 rings (SSSR count). The Morgan fingerprint density at radius 1 is 1.15 bits per heavy atom. The number of amides is 1. The SMILES string of the molecule is Cn1ccc2ccc(C(=O)N3CC[C@@]4(CC(=O)c5ccccc5O4)C3)cc21. The molecule has 0 bridgehead atoms. The zero-order chi connectivity index (χ0) is 18.6. The van der Waals surface area contributed by atoms with Gasteiger partial charge in [0.15, 0.2) is 5.78 Å². The van der Waals surface area contributed by atoms with Gasteiger partial charge in [-0.3, -0.25) is 9.59 Å². The van der Waals surface area contributed by atoms with Crippen molar-refractivity contribution in [1.82, 2.24) is 9.47 Å². The standard InChI is InChI=1S/C22H20N2O3/c1-23-10-8-15-6-7-16(12-18(15)23)21(26)24-11-9-22(14-24)13-19(25)17-4-2-3-5-20(17)27-22/h2-8,10,12H,9,11,13-14H2,1H3/t22-/m1/s1. The third kappa shape index (κ3) is 2.53. The van der Waals surface area contributed by atoms with E-state index in [1.165, 1.54) is 0 Å². The lowest BCUT2D eigenvalue weighted by Gasteiger charge is -2.34. The maximum absolute atomic E-state index is 13.1. The minimum absolute atomic E-state index is 0.00937. The molecule has 5 nitrogen and oxygen atoms in total. The van der Waals surface area contributed by atoms with Crippen LogP contribution in [-0.2, 0) is 7.05 Å². The molecule has 3 heterocycles. The zero-order valence-corrected chi connectivity index (χ0v) is 15.1. The number of hydrogen-bond acceptors (Lipinski definition) is 3. The summed E-state index contributed by atoms with van der Waals surface area (Å²) in [5, 5.41) is 1.12. The highest BCUT2D eigenvalue weighted by Gasteiger charge is 2.47. The minimum Gasteiger partial charge on any atom is -0.484 e. The van der Waals surface area contributed by atoms with Gasteiger partial charge < -0.3 is 14.2 Å². The van der Waals surface area contributed by atoms with Gasteiger partial charge in [-0.05, 0) is 35.7 Å². The molecule has 0 N–H and O–H groups in total. The van der Waals surface area contributed by atoms with Crippen molar-refractivity contribution >= 4 is 22.6 Å². The molecule has 1 spiro atoms. The number of likely N-dealkylation sites (tertiary alicyclic amines) is 1. The van der Waals surface area contributed by atoms with Gasteiger partial charge in [0.1, 0.15) is 11.4 Å². The summed E-state index contributed by atoms with van der Waals surface area (Å²) in [6.07, 6.45) is 2.98. The van der Waals surface area contributed by atoms with Crippen molar-refractivity contribution in [3.05, 3.63) is 65.9 Å². The lowest BCUT2D eigenvalue weighted by atomic mass is 9.89. The monoisotopic (exact) mass is 360 g/mol. The predicted molar refractivity (Wildman–Crippen MR) is 102 cm³/mol. The Hall–Kier alpha value is -3.08. The summed E-state index contributed by atoms with van der Waals surface area (Å²) in [6.45, 7) is 1.04. The number of benzene rings is 2. The maximum atomic E-state index is 13.1. The van der Waals surface area contributed by atoms with E-state index in [2.05, 4.69) is 0 Å². The van der Waals surface area contributed by atoms with Crippen molar-refractivity contribution in [3.63, 3.8) is 0 Å². The fourth-order valence-corrected chi connectivity index (χ4v) is 4.27. The molecule has 0 saturated carbocycles. The van der Waals surface area contributed by atoms with Gasteiger partial charge in [-0.2, -0.15) is 0 Å². The summed E-state index contributed by atoms with van der Waals surface area (Å²) in [7, 11) is 1.97. The largest absolute Gasteiger partial charge is 0.484 e. The number of aryl methyl sites for hydroxylation is 1. The van der Waals surface area contributed by atoms with Gasteiger partial charge in [0, 0.05) is 37.3 Å². The Morgan fingerprint density at radius 3 is 2.89 bits per heavy atom. The van der Waals surface area contributed by atoms with Crippen molar-refractivity contribution < 1.29 is 14.3 Å². The first-order valence-corrected chi connectivity index (χ1v) is 9.20. The molecule has 2 aliphatic rings. The number of carbonyl (C=O) groups is 2. The highest BCUT2D eigenvalue weighted by Crippen LogP contribution is 2.39. The Bertz CT molecular complexity index is 1080. The van der Waals surface area contributed by atoms with E-state index >= 15 is 0 Å². The Morgan fingerprint density at radius 2 is 2.00 bits per heavy atom. The summed E-state index contributed by atoms with van der Waals surface area (Å²) in [5.74, 6) is 0.717. The normalized spacial score (nSPS) is 21.5. The second kappa shape index (κ2) is 5.71. The molecule has 1 fully saturated rings. The van der Waals surface area contributed by atoms with E-state index in [9.17, 15) is 9.59 Å². The average Bonchev–Trinajstić information content (AvgIpc) is 3.25. The number of nitrogens with zero attached hydrogens (tertiary/aromatic N) is 2. The van der Waals surface area contributed by atoms with E-state index in [0.29, 0.717) is 42.8 Å². The average molecular weight is 360 g/mol. The molecule has 1 saturated heterocycles. The molecule has 1 amide bonds. The molecular formula is C22H20N2O3. The quantitative estimate of drug-likeness (QED) is 0.668. The van der Waals surface area contributed by atoms with E-state index < -0.39 is 5.60 Å². The van der Waals surface area contributed by atoms with E-state index in [0.717, 1.165) is 10.9 Å². The fourth-order valence-electron chi connectivity index (χ4n) is 4.27. The van der Waals surface area contributed by atoms with E-state index in [1.54, 1.807) is 6.07 Å². The number of Topliss-reactive ketones (excluding diaryl/α,β-unsaturated/α-hetero) is 1. The summed E-state index contributed by atoms with van der Waals surface area (Å²) < 4.78 is 8.24. The summed E-state index contributed by atoms with van der Waals surface area (Å²) in [5.41, 5.74) is 1.75. The minimum atomic E-state index is -0.601. The Labute approximate surface area is 157 Å². The van der Waals surface area contributed by atoms with Gasteiger partial charge >= 0.3 is 0 Å². The van der Waals surface area contributed by atoms with Crippen LogP contribution in [-0.4, -0.2) is 39.8 Å². The predicted octanol–water partition coefficient (Wildman–Crippen LogP) is 3.43. The van der Waals surface area contributed by atoms with Crippen molar-refractivity contribution in [2.24, 2.45) is 7.05 Å². The van der Waals surface area contributed by atoms with Crippen LogP contribution in [0, 0.1) is 0 Å². The van der Waals surface area contributed by atoms with Crippen molar-refractivity contribution in [3.8, 4) is 5.75 Å². The van der Waals surface area contributed by atoms with Crippen molar-refractivity contribution in [1.29, 1.82) is 0 Å². The second-order valence-corrected chi connectivity index (χ2v) is 7.56. The number of ketones is 1. The summed E-state index contributed by atoms with van der Waals surface area (Å²) in [4.78, 5) is 27.4. The number of carbonyl (C=O) groups excluding carboxylic acids is 2. The highest BCUT2D eigenvalue weighted by atomic mass is 16.5. The first kappa shape index (κ1) is 16.1. The lowest BCUT2D eigenvalue weighted by molar-refractivity contribution is 0.0428. The molecule has 0 aliphatic carbocycles. The number of fused-ring (bicyclic) bond motifs is 2. The summed E-state index contributed by atoms with van der Waals surface area (Å²) in [6, 6.07) is 15.2. The smallest absolute Gasteiger partial charge is 0.254 e. The molecule has 27 heavy (non-hydrogen) atoms. The molecule has 5 heteroatoms. The molecule has 1 atom stereocenters. The number of para-hydroxylation sites is 1. The second-order valence-electron chi connectivity index (χ2n) is 7.56. The van der Waals surface area contributed by atoms with Gasteiger partial charge in [-0.1, -0.05) is 18.2 Å². The molecule has 2 aromatic carbocycles. The van der Waals surface area contributed by atoms with Crippen LogP contribution in [0.5, 0.6) is 5.75 Å². The van der Waals surface area contributed by atoms with Crippen molar-refractivity contribution in [2.75, 3.05) is 13.1 Å². The number of rotatable bonds is 1. The van der Waals surface area contributed by atoms with Crippen LogP contribution in [0.25, 0.3) is 10.9 Å². The van der Waals surface area contributed by atoms with Crippen LogP contribution >= 0.6 is 0 Å². The van der Waals surface area contributed by atoms with Gasteiger partial charge in [0.05, 0.1) is 18.5 Å². The topological polar surface area (TPSA) is 51.5 Å². The zero-order valence-electron chi connectivity index (χ0n) is 15.1. The third-order valence-corrected chi connectivity index (χ3v) is 5.74. The highest BCUT2D eigenvalue weighted by molar-refractivity contribution is 6.01. The number of aromatic nitrogens is 1. The molecule has 2 aliphatic heterocycles. The third-order valence-electron chi connectivity index (χ3n) is 5.74. The Kier molecular flexibility index (Phi) is 3.41. The van der Waals surface area contributed by atoms with Crippen molar-refractivity contribution in [2.45, 2.75) is 18.4 Å². The van der Waals surface area contributed by atoms with Crippen LogP contribution in [0.4, 0.5) is 0 Å². The van der Waals surface area contributed by atoms with Crippen LogP contribution in [0.15, 0.2) is 54.7 Å². The maximum Gasteiger partial charge on any atom is 0.254 e. The lowest BCUT2D eigenvalue weighted by Crippen LogP contribution is -2.45. The Balaban J connectivity index is 1.41. The summed E-state index contributed by atoms with van der Waals surface area (Å²) >= 11 is 0. The number of hydrogen-bond donors (Lipinski definition) is 0. The van der Waals surface area contributed by atoms with Crippen LogP contribution in [0.2, 0.25) is 0 Å². The molecule has 1 aromatic heterocycles. The molecule has 0 radical (unpaired) electrons. The number of ether oxygens (including phenoxy) is 1. The van der Waals surface area contributed by atoms with E-state index in [4.69, 9.17) is 4.74 Å². The van der Waals surface area contributed by atoms with Gasteiger partial charge in [-0.25, -0.2) is 0 Å². The van der Waals surface area contributed by atoms with E-state index in [-0.39, 0.29) is 11.7 Å². The first-order chi connectivity index (χ1) is 13.0. The molecule has 3 aromatic rings. The molecular weight excluding hydrogens is 340 g/mol. The first-order valence-electron chi connectivity index (χ1n) is 9.20. The fraction of sp³-hybridized carbons (Fsp3) is 0.273. The van der Waals surface area contributed by atoms with Crippen LogP contribution in [0.1, 0.15) is 33.6 Å². The van der Waals surface area contributed by atoms with E-state index in [1.807, 2.05) is 65.2 Å². The van der Waals surface area contributed by atoms with Crippen LogP contribution in [0.3, 0.4) is 0 Å². The van der Waals surface area contributed by atoms with Gasteiger partial charge in [0.2, 0.25) is 0 Å². The molecule has 0 unspecified atom stereocenters. The van der Waals surface area contributed by atoms with Gasteiger partial charge in [0.25, 0.3) is 5.91 Å².